The Morgan fingerprint density at radius 2 is 1.54 bits per heavy atom. The lowest BCUT2D eigenvalue weighted by atomic mass is 10.1. The Hall–Kier alpha value is -1.79. The van der Waals surface area contributed by atoms with Gasteiger partial charge in [0.1, 0.15) is 38.3 Å². The molecular formula is C20H34N2O4+2. The van der Waals surface area contributed by atoms with Crippen LogP contribution in [0, 0.1) is 6.92 Å². The summed E-state index contributed by atoms with van der Waals surface area (Å²) in [4.78, 5) is 14.8. The van der Waals surface area contributed by atoms with Crippen LogP contribution in [0.25, 0.3) is 0 Å². The molecule has 1 saturated heterocycles. The van der Waals surface area contributed by atoms with E-state index in [0.717, 1.165) is 44.2 Å². The molecule has 0 aliphatic carbocycles. The van der Waals surface area contributed by atoms with E-state index in [1.54, 1.807) is 14.2 Å². The van der Waals surface area contributed by atoms with E-state index in [-0.39, 0.29) is 5.97 Å². The van der Waals surface area contributed by atoms with Crippen molar-refractivity contribution >= 4 is 5.97 Å². The van der Waals surface area contributed by atoms with Crippen molar-refractivity contribution in [2.75, 3.05) is 46.9 Å². The minimum absolute atomic E-state index is 0.105. The number of carbonyl (C=O) groups excluding carboxylic acids is 1. The largest absolute Gasteiger partial charge is 0.493 e. The van der Waals surface area contributed by atoms with Crippen molar-refractivity contribution in [2.45, 2.75) is 39.8 Å². The van der Waals surface area contributed by atoms with Gasteiger partial charge in [0, 0.05) is 5.56 Å². The third-order valence-electron chi connectivity index (χ3n) is 4.76. The number of aryl methyl sites for hydroxylation is 1. The van der Waals surface area contributed by atoms with Gasteiger partial charge in [0.25, 0.3) is 0 Å². The molecule has 0 amide bonds. The minimum Gasteiger partial charge on any atom is -0.493 e. The van der Waals surface area contributed by atoms with Crippen LogP contribution in [0.2, 0.25) is 0 Å². The maximum atomic E-state index is 12.0. The highest BCUT2D eigenvalue weighted by Gasteiger charge is 2.27. The van der Waals surface area contributed by atoms with Crippen LogP contribution in [-0.4, -0.2) is 58.5 Å². The molecule has 0 unspecified atom stereocenters. The Labute approximate surface area is 157 Å². The summed E-state index contributed by atoms with van der Waals surface area (Å²) in [5.41, 5.74) is 2.10. The summed E-state index contributed by atoms with van der Waals surface area (Å²) in [5, 5.41) is 0. The van der Waals surface area contributed by atoms with Crippen LogP contribution in [0.3, 0.4) is 0 Å². The quantitative estimate of drug-likeness (QED) is 0.675. The fraction of sp³-hybridized carbons (Fsp3) is 0.650. The van der Waals surface area contributed by atoms with E-state index < -0.39 is 5.60 Å². The number of hydrogen-bond donors (Lipinski definition) is 2. The summed E-state index contributed by atoms with van der Waals surface area (Å²) in [6, 6.07) is 4.12. The molecular weight excluding hydrogens is 332 g/mol. The first-order chi connectivity index (χ1) is 12.2. The Bertz CT molecular complexity index is 617. The monoisotopic (exact) mass is 366 g/mol. The highest BCUT2D eigenvalue weighted by Crippen LogP contribution is 2.29. The van der Waals surface area contributed by atoms with Gasteiger partial charge in [-0.05, 0) is 45.4 Å². The molecule has 1 fully saturated rings. The molecule has 1 aliphatic heterocycles. The molecule has 6 heteroatoms. The van der Waals surface area contributed by atoms with Crippen LogP contribution in [0.4, 0.5) is 0 Å². The van der Waals surface area contributed by atoms with E-state index in [1.165, 1.54) is 20.9 Å². The zero-order chi connectivity index (χ0) is 19.3. The number of rotatable bonds is 6. The Balaban J connectivity index is 1.88. The summed E-state index contributed by atoms with van der Waals surface area (Å²) in [6.07, 6.45) is 0. The molecule has 26 heavy (non-hydrogen) atoms. The van der Waals surface area contributed by atoms with E-state index in [9.17, 15) is 4.79 Å². The molecule has 0 radical (unpaired) electrons. The Morgan fingerprint density at radius 3 is 2.08 bits per heavy atom. The van der Waals surface area contributed by atoms with Crippen molar-refractivity contribution in [3.8, 4) is 11.5 Å². The van der Waals surface area contributed by atoms with Crippen LogP contribution in [0.5, 0.6) is 11.5 Å². The van der Waals surface area contributed by atoms with Gasteiger partial charge in [-0.3, -0.25) is 0 Å². The number of methoxy groups -OCH3 is 2. The first-order valence-corrected chi connectivity index (χ1v) is 9.32. The van der Waals surface area contributed by atoms with Crippen molar-refractivity contribution < 1.29 is 28.8 Å². The lowest BCUT2D eigenvalue weighted by Gasteiger charge is -2.30. The first-order valence-electron chi connectivity index (χ1n) is 9.32. The predicted molar refractivity (Wildman–Crippen MR) is 100 cm³/mol. The molecule has 2 rings (SSSR count). The zero-order valence-electron chi connectivity index (χ0n) is 17.0. The summed E-state index contributed by atoms with van der Waals surface area (Å²) in [7, 11) is 3.33. The number of benzene rings is 1. The molecule has 2 N–H and O–H groups in total. The Morgan fingerprint density at radius 1 is 1.00 bits per heavy atom. The number of carbonyl (C=O) groups is 1. The first kappa shape index (κ1) is 20.5. The average molecular weight is 367 g/mol. The van der Waals surface area contributed by atoms with Gasteiger partial charge < -0.3 is 24.0 Å². The molecule has 0 bridgehead atoms. The molecule has 1 heterocycles. The number of quaternary nitrogens is 2. The normalized spacial score (nSPS) is 20.5. The standard InChI is InChI=1S/C20H32N2O4/c1-15-11-17(24-5)18(25-6)12-16(15)13-21-7-9-22(10-8-21)14-19(23)26-20(2,3)4/h11-12H,7-10,13-14H2,1-6H3/p+2. The highest BCUT2D eigenvalue weighted by atomic mass is 16.6. The molecule has 0 atom stereocenters. The third-order valence-corrected chi connectivity index (χ3v) is 4.76. The van der Waals surface area contributed by atoms with Gasteiger partial charge in [0.15, 0.2) is 18.0 Å². The highest BCUT2D eigenvalue weighted by molar-refractivity contribution is 5.70. The van der Waals surface area contributed by atoms with Crippen molar-refractivity contribution in [2.24, 2.45) is 0 Å². The molecule has 146 valence electrons. The van der Waals surface area contributed by atoms with Gasteiger partial charge in [-0.2, -0.15) is 0 Å². The van der Waals surface area contributed by atoms with Crippen molar-refractivity contribution in [1.82, 2.24) is 0 Å². The summed E-state index contributed by atoms with van der Waals surface area (Å²) >= 11 is 0. The van der Waals surface area contributed by atoms with E-state index in [4.69, 9.17) is 14.2 Å². The zero-order valence-corrected chi connectivity index (χ0v) is 17.0. The molecule has 6 nitrogen and oxygen atoms in total. The summed E-state index contributed by atoms with van der Waals surface area (Å²) in [6.45, 7) is 13.3. The van der Waals surface area contributed by atoms with Crippen LogP contribution >= 0.6 is 0 Å². The van der Waals surface area contributed by atoms with E-state index in [2.05, 4.69) is 13.0 Å². The summed E-state index contributed by atoms with van der Waals surface area (Å²) in [5.74, 6) is 1.45. The molecule has 1 aliphatic rings. The topological polar surface area (TPSA) is 53.6 Å². The van der Waals surface area contributed by atoms with Gasteiger partial charge in [0.2, 0.25) is 0 Å². The van der Waals surface area contributed by atoms with Crippen LogP contribution < -0.4 is 19.3 Å². The number of hydrogen-bond acceptors (Lipinski definition) is 4. The molecule has 0 spiro atoms. The fourth-order valence-corrected chi connectivity index (χ4v) is 3.37. The van der Waals surface area contributed by atoms with Crippen LogP contribution in [-0.2, 0) is 16.1 Å². The van der Waals surface area contributed by atoms with E-state index in [1.807, 2.05) is 26.8 Å². The van der Waals surface area contributed by atoms with Crippen LogP contribution in [0.15, 0.2) is 12.1 Å². The van der Waals surface area contributed by atoms with Gasteiger partial charge in [-0.1, -0.05) is 0 Å². The number of ether oxygens (including phenoxy) is 3. The van der Waals surface area contributed by atoms with E-state index in [0.29, 0.717) is 6.54 Å². The number of nitrogens with one attached hydrogen (secondary N) is 2. The van der Waals surface area contributed by atoms with Gasteiger partial charge in [-0.15, -0.1) is 0 Å². The maximum absolute atomic E-state index is 12.0. The minimum atomic E-state index is -0.408. The number of piperazine rings is 1. The van der Waals surface area contributed by atoms with Crippen molar-refractivity contribution in [3.63, 3.8) is 0 Å². The predicted octanol–water partition coefficient (Wildman–Crippen LogP) is -0.363. The molecule has 1 aromatic carbocycles. The van der Waals surface area contributed by atoms with Crippen LogP contribution in [0.1, 0.15) is 31.9 Å². The maximum Gasteiger partial charge on any atom is 0.362 e. The smallest absolute Gasteiger partial charge is 0.362 e. The van der Waals surface area contributed by atoms with Gasteiger partial charge >= 0.3 is 5.97 Å². The average Bonchev–Trinajstić information content (AvgIpc) is 2.56. The van der Waals surface area contributed by atoms with Gasteiger partial charge in [0.05, 0.1) is 14.2 Å². The van der Waals surface area contributed by atoms with Gasteiger partial charge in [-0.25, -0.2) is 4.79 Å². The third kappa shape index (κ3) is 5.88. The van der Waals surface area contributed by atoms with Crippen molar-refractivity contribution in [1.29, 1.82) is 0 Å². The number of esters is 1. The Kier molecular flexibility index (Phi) is 6.89. The second kappa shape index (κ2) is 8.73. The summed E-state index contributed by atoms with van der Waals surface area (Å²) < 4.78 is 16.2. The van der Waals surface area contributed by atoms with Crippen molar-refractivity contribution in [3.05, 3.63) is 23.3 Å². The lowest BCUT2D eigenvalue weighted by Crippen LogP contribution is -3.27. The molecule has 1 aromatic rings. The molecule has 0 aromatic heterocycles. The second-order valence-electron chi connectivity index (χ2n) is 8.07. The SMILES string of the molecule is COc1cc(C)c(C[NH+]2CC[NH+](CC(=O)OC(C)(C)C)CC2)cc1OC. The second-order valence-corrected chi connectivity index (χ2v) is 8.07. The fourth-order valence-electron chi connectivity index (χ4n) is 3.37. The lowest BCUT2D eigenvalue weighted by molar-refractivity contribution is -1.02. The molecule has 0 saturated carbocycles. The van der Waals surface area contributed by atoms with E-state index >= 15 is 0 Å².